The van der Waals surface area contributed by atoms with E-state index >= 15 is 0 Å². The fraction of sp³-hybridized carbons (Fsp3) is 0.238. The summed E-state index contributed by atoms with van der Waals surface area (Å²) in [6.45, 7) is 0.990. The molecule has 0 N–H and O–H groups in total. The van der Waals surface area contributed by atoms with Gasteiger partial charge in [-0.05, 0) is 31.2 Å². The lowest BCUT2D eigenvalue weighted by Crippen LogP contribution is -2.28. The van der Waals surface area contributed by atoms with Crippen LogP contribution in [-0.2, 0) is 32.2 Å². The predicted octanol–water partition coefficient (Wildman–Crippen LogP) is 2.61. The quantitative estimate of drug-likeness (QED) is 0.395. The molecule has 0 unspecified atom stereocenters. The molecule has 0 saturated heterocycles. The highest BCUT2D eigenvalue weighted by Gasteiger charge is 2.17. The molecule has 0 aliphatic heterocycles. The first-order valence-electron chi connectivity index (χ1n) is 9.44. The average Bonchev–Trinajstić information content (AvgIpc) is 3.23. The Morgan fingerprint density at radius 2 is 1.32 bits per heavy atom. The summed E-state index contributed by atoms with van der Waals surface area (Å²) in [4.78, 5) is 48.2. The lowest BCUT2D eigenvalue weighted by Gasteiger charge is -2.14. The summed E-state index contributed by atoms with van der Waals surface area (Å²) in [7, 11) is 0. The molecule has 8 nitrogen and oxygen atoms in total. The van der Waals surface area contributed by atoms with Crippen molar-refractivity contribution in [3.8, 4) is 0 Å². The Balaban J connectivity index is 1.32. The number of ether oxygens (including phenoxy) is 2. The van der Waals surface area contributed by atoms with E-state index < -0.39 is 18.0 Å². The van der Waals surface area contributed by atoms with Crippen molar-refractivity contribution in [1.82, 2.24) is 9.13 Å². The van der Waals surface area contributed by atoms with Crippen LogP contribution in [0.2, 0.25) is 0 Å². The molecule has 4 aromatic rings. The second kappa shape index (κ2) is 8.86. The monoisotopic (exact) mass is 458 g/mol. The molecule has 2 aromatic heterocycles. The fourth-order valence-corrected chi connectivity index (χ4v) is 4.92. The minimum Gasteiger partial charge on any atom is -0.460 e. The van der Waals surface area contributed by atoms with E-state index in [1.54, 1.807) is 31.2 Å². The van der Waals surface area contributed by atoms with Gasteiger partial charge in [0.25, 0.3) is 0 Å². The molecule has 0 spiro atoms. The maximum absolute atomic E-state index is 12.2. The third-order valence-corrected chi connectivity index (χ3v) is 6.45. The summed E-state index contributed by atoms with van der Waals surface area (Å²) in [5, 5.41) is 0. The normalized spacial score (nSPS) is 12.2. The number of carbonyl (C=O) groups excluding carboxylic acids is 2. The van der Waals surface area contributed by atoms with Crippen LogP contribution in [-0.4, -0.2) is 33.8 Å². The zero-order chi connectivity index (χ0) is 22.0. The number of fused-ring (bicyclic) bond motifs is 2. The molecule has 4 rings (SSSR count). The van der Waals surface area contributed by atoms with Crippen molar-refractivity contribution in [2.24, 2.45) is 0 Å². The zero-order valence-electron chi connectivity index (χ0n) is 16.5. The van der Waals surface area contributed by atoms with Gasteiger partial charge in [0, 0.05) is 0 Å². The van der Waals surface area contributed by atoms with E-state index in [0.717, 1.165) is 32.1 Å². The summed E-state index contributed by atoms with van der Waals surface area (Å²) in [6.07, 6.45) is -0.701. The van der Waals surface area contributed by atoms with Crippen LogP contribution in [0.25, 0.3) is 20.4 Å². The third kappa shape index (κ3) is 4.59. The number of esters is 2. The van der Waals surface area contributed by atoms with Crippen molar-refractivity contribution in [2.75, 3.05) is 6.61 Å². The SMILES string of the molecule is C[C@H](COC(=O)Cn1c(=O)sc2ccccc21)OC(=O)Cn1c(=O)sc2ccccc21. The smallest absolute Gasteiger partial charge is 0.326 e. The minimum atomic E-state index is -0.701. The number of thiazole rings is 2. The van der Waals surface area contributed by atoms with Crippen LogP contribution >= 0.6 is 22.7 Å². The van der Waals surface area contributed by atoms with E-state index in [1.165, 1.54) is 9.13 Å². The molecule has 1 atom stereocenters. The number of aromatic nitrogens is 2. The first-order chi connectivity index (χ1) is 14.9. The van der Waals surface area contributed by atoms with Crippen molar-refractivity contribution in [3.63, 3.8) is 0 Å². The van der Waals surface area contributed by atoms with Crippen molar-refractivity contribution < 1.29 is 19.1 Å². The lowest BCUT2D eigenvalue weighted by molar-refractivity contribution is -0.158. The standard InChI is InChI=1S/C21H18N2O6S2/c1-13(29-19(25)11-23-15-7-3-5-9-17(15)31-21(23)27)12-28-18(24)10-22-14-6-2-4-8-16(14)30-20(22)26/h2-9,13H,10-12H2,1H3/t13-/m1/s1. The molecule has 2 heterocycles. The van der Waals surface area contributed by atoms with Crippen LogP contribution in [0.3, 0.4) is 0 Å². The molecule has 0 fully saturated rings. The molecule has 2 aromatic carbocycles. The Bertz CT molecular complexity index is 1380. The maximum Gasteiger partial charge on any atom is 0.326 e. The van der Waals surface area contributed by atoms with Gasteiger partial charge in [-0.2, -0.15) is 0 Å². The molecular weight excluding hydrogens is 440 g/mol. The van der Waals surface area contributed by atoms with Gasteiger partial charge in [0.2, 0.25) is 0 Å². The molecule has 0 radical (unpaired) electrons. The van der Waals surface area contributed by atoms with Crippen LogP contribution in [0.4, 0.5) is 0 Å². The van der Waals surface area contributed by atoms with Crippen molar-refractivity contribution in [1.29, 1.82) is 0 Å². The zero-order valence-corrected chi connectivity index (χ0v) is 18.1. The number of benzene rings is 2. The minimum absolute atomic E-state index is 0.152. The Kier molecular flexibility index (Phi) is 6.01. The predicted molar refractivity (Wildman–Crippen MR) is 119 cm³/mol. The summed E-state index contributed by atoms with van der Waals surface area (Å²) in [6, 6.07) is 14.4. The van der Waals surface area contributed by atoms with Gasteiger partial charge in [-0.1, -0.05) is 46.9 Å². The molecule has 0 amide bonds. The molecule has 0 aliphatic carbocycles. The number of hydrogen-bond donors (Lipinski definition) is 0. The van der Waals surface area contributed by atoms with E-state index in [0.29, 0.717) is 11.0 Å². The lowest BCUT2D eigenvalue weighted by atomic mass is 10.3. The first kappa shape index (κ1) is 21.0. The molecule has 0 bridgehead atoms. The maximum atomic E-state index is 12.2. The van der Waals surface area contributed by atoms with Gasteiger partial charge in [-0.25, -0.2) is 0 Å². The summed E-state index contributed by atoms with van der Waals surface area (Å²) < 4.78 is 14.7. The topological polar surface area (TPSA) is 96.6 Å². The van der Waals surface area contributed by atoms with Crippen LogP contribution in [0.1, 0.15) is 6.92 Å². The van der Waals surface area contributed by atoms with E-state index in [2.05, 4.69) is 0 Å². The van der Waals surface area contributed by atoms with Crippen molar-refractivity contribution in [3.05, 3.63) is 67.9 Å². The van der Waals surface area contributed by atoms with Crippen LogP contribution in [0, 0.1) is 0 Å². The van der Waals surface area contributed by atoms with Crippen LogP contribution < -0.4 is 9.75 Å². The first-order valence-corrected chi connectivity index (χ1v) is 11.1. The summed E-state index contributed by atoms with van der Waals surface area (Å²) in [5.74, 6) is -1.21. The largest absolute Gasteiger partial charge is 0.460 e. The highest BCUT2D eigenvalue weighted by atomic mass is 32.1. The van der Waals surface area contributed by atoms with Gasteiger partial charge in [-0.3, -0.25) is 28.3 Å². The Labute approximate surface area is 183 Å². The average molecular weight is 459 g/mol. The molecule has 31 heavy (non-hydrogen) atoms. The number of nitrogens with zero attached hydrogens (tertiary/aromatic N) is 2. The van der Waals surface area contributed by atoms with Crippen LogP contribution in [0.15, 0.2) is 58.1 Å². The molecule has 160 valence electrons. The number of para-hydroxylation sites is 2. The van der Waals surface area contributed by atoms with Gasteiger partial charge in [0.05, 0.1) is 20.4 Å². The van der Waals surface area contributed by atoms with Crippen LogP contribution in [0.5, 0.6) is 0 Å². The number of rotatable bonds is 7. The number of carbonyl (C=O) groups is 2. The highest BCUT2D eigenvalue weighted by molar-refractivity contribution is 7.16. The van der Waals surface area contributed by atoms with Gasteiger partial charge < -0.3 is 9.47 Å². The Morgan fingerprint density at radius 3 is 1.87 bits per heavy atom. The van der Waals surface area contributed by atoms with Gasteiger partial charge in [-0.15, -0.1) is 0 Å². The third-order valence-electron chi connectivity index (χ3n) is 4.53. The second-order valence-electron chi connectivity index (χ2n) is 6.83. The second-order valence-corrected chi connectivity index (χ2v) is 8.81. The van der Waals surface area contributed by atoms with Crippen molar-refractivity contribution in [2.45, 2.75) is 26.1 Å². The van der Waals surface area contributed by atoms with Crippen molar-refractivity contribution >= 4 is 55.0 Å². The van der Waals surface area contributed by atoms with E-state index in [4.69, 9.17) is 9.47 Å². The number of hydrogen-bond acceptors (Lipinski definition) is 8. The van der Waals surface area contributed by atoms with E-state index in [1.807, 2.05) is 24.3 Å². The Hall–Kier alpha value is -3.24. The van der Waals surface area contributed by atoms with Gasteiger partial charge in [0.15, 0.2) is 0 Å². The molecular formula is C21H18N2O6S2. The molecule has 10 heteroatoms. The summed E-state index contributed by atoms with van der Waals surface area (Å²) in [5.41, 5.74) is 1.34. The Morgan fingerprint density at radius 1 is 0.839 bits per heavy atom. The van der Waals surface area contributed by atoms with Gasteiger partial charge in [0.1, 0.15) is 25.8 Å². The summed E-state index contributed by atoms with van der Waals surface area (Å²) >= 11 is 2.12. The highest BCUT2D eigenvalue weighted by Crippen LogP contribution is 2.17. The molecule has 0 aliphatic rings. The van der Waals surface area contributed by atoms with E-state index in [-0.39, 0.29) is 29.4 Å². The fourth-order valence-electron chi connectivity index (χ4n) is 3.14. The van der Waals surface area contributed by atoms with Gasteiger partial charge >= 0.3 is 21.7 Å². The van der Waals surface area contributed by atoms with E-state index in [9.17, 15) is 19.2 Å². The molecule has 0 saturated carbocycles.